The molecule has 632 valence electrons. The van der Waals surface area contributed by atoms with E-state index in [0.29, 0.717) is 0 Å². The second-order valence-electron chi connectivity index (χ2n) is 16.9. The Bertz CT molecular complexity index is 2890. The van der Waals surface area contributed by atoms with Crippen molar-refractivity contribution in [3.8, 4) is 0 Å². The average Bonchev–Trinajstić information content (AvgIpc) is 0.709. The first-order chi connectivity index (χ1) is 41.8. The van der Waals surface area contributed by atoms with E-state index in [2.05, 4.69) is 0 Å². The maximum Gasteiger partial charge on any atom is 0.460 e. The van der Waals surface area contributed by atoms with Gasteiger partial charge in [0.25, 0.3) is 0 Å². The van der Waals surface area contributed by atoms with Crippen molar-refractivity contribution in [1.82, 2.24) is 24.6 Å². The zero-order valence-corrected chi connectivity index (χ0v) is 45.9. The summed E-state index contributed by atoms with van der Waals surface area (Å²) >= 11 is 0. The number of rotatable bonds is 21. The Kier molecular flexibility index (Phi) is 31.9. The molecular weight excluding hydrogens is 1710 g/mol. The Morgan fingerprint density at radius 1 is 0.135 bits per heavy atom. The molecule has 0 aliphatic heterocycles. The molecule has 0 spiro atoms. The first-order valence-electron chi connectivity index (χ1n) is 20.0. The molecule has 0 aliphatic carbocycles. The number of alkyl halides is 60. The predicted octanol–water partition coefficient (Wildman–Crippen LogP) is 13.9. The summed E-state index contributed by atoms with van der Waals surface area (Å²) in [5.41, 5.74) is -25.5. The molecule has 104 heavy (non-hydrogen) atoms. The van der Waals surface area contributed by atoms with Crippen molar-refractivity contribution in [3.63, 3.8) is 0 Å². The van der Waals surface area contributed by atoms with Gasteiger partial charge in [-0.1, -0.05) is 0 Å². The zero-order valence-electron chi connectivity index (χ0n) is 45.9. The average molecular weight is 1720 g/mol. The summed E-state index contributed by atoms with van der Waals surface area (Å²) in [5, 5.41) is 38.7. The number of halogens is 60. The molecule has 12 nitrogen and oxygen atoms in total. The van der Waals surface area contributed by atoms with Gasteiger partial charge in [0.2, 0.25) is 0 Å². The molecule has 72 heteroatoms. The molecule has 0 bridgehead atoms. The van der Waals surface area contributed by atoms with E-state index in [1.807, 2.05) is 0 Å². The van der Waals surface area contributed by atoms with Gasteiger partial charge < -0.3 is 64.2 Å². The molecule has 0 rings (SSSR count). The van der Waals surface area contributed by atoms with Crippen molar-refractivity contribution in [3.05, 3.63) is 0 Å². The molecule has 0 heterocycles. The van der Waals surface area contributed by atoms with Gasteiger partial charge in [-0.15, -0.1) is 0 Å². The summed E-state index contributed by atoms with van der Waals surface area (Å²) < 4.78 is 747. The van der Waals surface area contributed by atoms with Crippen LogP contribution in [0, 0.1) is 0 Å². The minimum Gasteiger partial charge on any atom is -0.544 e. The molecule has 0 saturated carbocycles. The number of carboxylic acids is 4. The van der Waals surface area contributed by atoms with Crippen LogP contribution < -0.4 is 45.0 Å². The van der Waals surface area contributed by atoms with E-state index in [-0.39, 0.29) is 24.6 Å². The van der Waals surface area contributed by atoms with Crippen LogP contribution in [0.2, 0.25) is 0 Å². The van der Waals surface area contributed by atoms with Gasteiger partial charge in [0, 0.05) is 0 Å². The SMILES string of the molecule is O=C([O-])C(F)(F)C(F)(C(F)(F)F)C(F)(F)C(F)(F)C(F)(F)C(F)(F)F.O=C([O-])C(F)(F)C(F)(F)C(F)(C(F)(F)F)C(F)(F)C(F)(F)C(F)(F)F.O=C([O-])C(F)(F)C(F)(F)C(F)(F)C(F)(F)C(F)(C(F)(F)F)C(F)(F)F.O=C([O-])C(F)(F)C(F)(F)C(F)(F)C(F)(F)C(F)(F)C(F)(F)C(F)(F)F.[NH4+].[NH4+].[NH4+].[NH4+]. The third-order valence-electron chi connectivity index (χ3n) is 10.6. The minimum atomic E-state index is -8.67. The third kappa shape index (κ3) is 15.6. The molecule has 0 fully saturated rings. The lowest BCUT2D eigenvalue weighted by atomic mass is 9.82. The third-order valence-corrected chi connectivity index (χ3v) is 10.6. The molecule has 0 amide bonds. The van der Waals surface area contributed by atoms with Crippen molar-refractivity contribution < 1.29 is 303 Å². The maximum atomic E-state index is 13.4. The van der Waals surface area contributed by atoms with Crippen LogP contribution in [0.5, 0.6) is 0 Å². The Morgan fingerprint density at radius 3 is 0.433 bits per heavy atom. The van der Waals surface area contributed by atoms with E-state index in [1.165, 1.54) is 0 Å². The Hall–Kier alpha value is -6.48. The molecule has 0 aromatic heterocycles. The highest BCUT2D eigenvalue weighted by Gasteiger charge is 3.00. The van der Waals surface area contributed by atoms with E-state index >= 15 is 0 Å². The normalized spacial score (nSPS) is 16.4. The fourth-order valence-electron chi connectivity index (χ4n) is 4.93. The molecule has 0 aromatic carbocycles. The van der Waals surface area contributed by atoms with Crippen molar-refractivity contribution in [2.24, 2.45) is 0 Å². The summed E-state index contributed by atoms with van der Waals surface area (Å²) in [6.45, 7) is 0. The summed E-state index contributed by atoms with van der Waals surface area (Å²) in [6, 6.07) is 0. The quantitative estimate of drug-likeness (QED) is 0.0799. The first kappa shape index (κ1) is 113. The highest BCUT2D eigenvalue weighted by molar-refractivity contribution is 5.77. The predicted molar refractivity (Wildman–Crippen MR) is 187 cm³/mol. The summed E-state index contributed by atoms with van der Waals surface area (Å²) in [7, 11) is 0. The summed E-state index contributed by atoms with van der Waals surface area (Å²) in [4.78, 5) is 38.7. The molecule has 0 aliphatic rings. The lowest BCUT2D eigenvalue weighted by Crippen LogP contribution is -2.78. The summed E-state index contributed by atoms with van der Waals surface area (Å²) in [6.07, 6.45) is -55.7. The van der Waals surface area contributed by atoms with Gasteiger partial charge in [-0.3, -0.25) is 0 Å². The number of carbonyl (C=O) groups excluding carboxylic acids is 4. The van der Waals surface area contributed by atoms with Gasteiger partial charge in [-0.25, -0.2) is 13.2 Å². The van der Waals surface area contributed by atoms with Crippen LogP contribution in [-0.4, -0.2) is 191 Å². The van der Waals surface area contributed by atoms with Crippen LogP contribution in [0.15, 0.2) is 0 Å². The molecule has 2 unspecified atom stereocenters. The first-order valence-corrected chi connectivity index (χ1v) is 20.0. The zero-order chi connectivity index (χ0) is 84.3. The van der Waals surface area contributed by atoms with Gasteiger partial charge in [0.1, 0.15) is 23.9 Å². The van der Waals surface area contributed by atoms with Crippen molar-refractivity contribution in [2.45, 2.75) is 167 Å². The van der Waals surface area contributed by atoms with Crippen LogP contribution in [-0.2, 0) is 19.2 Å². The highest BCUT2D eigenvalue weighted by Crippen LogP contribution is 2.69. The van der Waals surface area contributed by atoms with Gasteiger partial charge in [0.05, 0.1) is 0 Å². The number of hydrogen-bond acceptors (Lipinski definition) is 8. The highest BCUT2D eigenvalue weighted by atomic mass is 19.5. The lowest BCUT2D eigenvalue weighted by molar-refractivity contribution is -0.459. The fraction of sp³-hybridized carbons (Fsp3) is 0.875. The second kappa shape index (κ2) is 29.2. The number of carbonyl (C=O) groups is 4. The van der Waals surface area contributed by atoms with Gasteiger partial charge in [-0.05, 0) is 0 Å². The molecule has 2 atom stereocenters. The Balaban J connectivity index is -0.000000194. The van der Waals surface area contributed by atoms with Crippen molar-refractivity contribution in [2.75, 3.05) is 0 Å². The lowest BCUT2D eigenvalue weighted by Gasteiger charge is -2.44. The second-order valence-corrected chi connectivity index (χ2v) is 16.9. The largest absolute Gasteiger partial charge is 0.544 e. The number of hydrogen-bond donors (Lipinski definition) is 4. The number of quaternary nitrogens is 4. The van der Waals surface area contributed by atoms with Gasteiger partial charge in [-0.2, -0.15) is 250 Å². The van der Waals surface area contributed by atoms with Gasteiger partial charge >= 0.3 is 167 Å². The fourth-order valence-corrected chi connectivity index (χ4v) is 4.93. The van der Waals surface area contributed by atoms with E-state index in [4.69, 9.17) is 0 Å². The van der Waals surface area contributed by atoms with Crippen LogP contribution in [0.25, 0.3) is 0 Å². The van der Waals surface area contributed by atoms with E-state index < -0.39 is 191 Å². The van der Waals surface area contributed by atoms with Crippen LogP contribution in [0.3, 0.4) is 0 Å². The standard InChI is InChI=1S/4C8HF15O2.4H3N/c9-2(10,1(24)25)4(12,13)6(16,17)5(14,15)3(11,7(18,19)20)8(21,22)23;9-2(10,1(24)25)4(12,13)3(11,7(18,19)20)5(14,15)6(16,17)8(21,22)23;9-2(10,1(24)25)3(11,12)4(13,14)5(15,16)6(17,18)7(19,20)8(21,22)23;9-2(10,1(24)25)3(11,7(18,19)20)4(12,13)5(14,15)6(16,17)8(21,22)23;;;;/h4*(H,24,25);4*1H3. The van der Waals surface area contributed by atoms with Gasteiger partial charge in [0.15, 0.2) is 0 Å². The van der Waals surface area contributed by atoms with E-state index in [9.17, 15) is 303 Å². The van der Waals surface area contributed by atoms with Crippen molar-refractivity contribution in [1.29, 1.82) is 0 Å². The maximum absolute atomic E-state index is 13.4. The monoisotopic (exact) mass is 1720 g/mol. The Labute approximate surface area is 519 Å². The molecule has 0 aromatic rings. The minimum absolute atomic E-state index is 0. The van der Waals surface area contributed by atoms with Crippen molar-refractivity contribution >= 4 is 23.9 Å². The summed E-state index contributed by atoms with van der Waals surface area (Å²) in [5.74, 6) is -166. The van der Waals surface area contributed by atoms with Crippen LogP contribution >= 0.6 is 0 Å². The molecule has 0 radical (unpaired) electrons. The van der Waals surface area contributed by atoms with E-state index in [1.54, 1.807) is 0 Å². The Morgan fingerprint density at radius 2 is 0.260 bits per heavy atom. The topological polar surface area (TPSA) is 307 Å². The smallest absolute Gasteiger partial charge is 0.460 e. The van der Waals surface area contributed by atoms with Crippen LogP contribution in [0.1, 0.15) is 0 Å². The number of carboxylic acid groups (broad SMARTS) is 4. The van der Waals surface area contributed by atoms with Crippen LogP contribution in [0.4, 0.5) is 263 Å². The molecular formula is C32H16F60N4O8. The number of aliphatic carboxylic acids is 4. The van der Waals surface area contributed by atoms with E-state index in [0.717, 1.165) is 0 Å². The molecule has 16 N–H and O–H groups in total. The molecule has 0 saturated heterocycles.